The third-order valence-corrected chi connectivity index (χ3v) is 6.85. The van der Waals surface area contributed by atoms with Crippen LogP contribution in [0, 0.1) is 0 Å². The van der Waals surface area contributed by atoms with Gasteiger partial charge in [0.1, 0.15) is 6.61 Å². The third-order valence-electron chi connectivity index (χ3n) is 6.85. The highest BCUT2D eigenvalue weighted by atomic mass is 16.6. The van der Waals surface area contributed by atoms with Crippen molar-refractivity contribution in [2.45, 2.75) is 50.4 Å². The molecule has 3 saturated heterocycles. The van der Waals surface area contributed by atoms with E-state index >= 15 is 0 Å². The van der Waals surface area contributed by atoms with Crippen molar-refractivity contribution in [2.24, 2.45) is 0 Å². The monoisotopic (exact) mass is 420 g/mol. The SMILES string of the molecule is O=C(OCc1ccccc1)N1CCC(Nc2cccc(N3[C@@H]4CC[C@H]3CNC4)c2)CC1. The van der Waals surface area contributed by atoms with Crippen molar-refractivity contribution in [3.05, 3.63) is 60.2 Å². The van der Waals surface area contributed by atoms with Gasteiger partial charge in [-0.25, -0.2) is 4.79 Å². The molecule has 0 radical (unpaired) electrons. The number of carbonyl (C=O) groups is 1. The summed E-state index contributed by atoms with van der Waals surface area (Å²) in [7, 11) is 0. The van der Waals surface area contributed by atoms with Crippen LogP contribution in [0.1, 0.15) is 31.2 Å². The van der Waals surface area contributed by atoms with Gasteiger partial charge in [0.25, 0.3) is 0 Å². The molecule has 6 heteroatoms. The van der Waals surface area contributed by atoms with Crippen molar-refractivity contribution in [3.8, 4) is 0 Å². The molecule has 31 heavy (non-hydrogen) atoms. The Balaban J connectivity index is 1.12. The van der Waals surface area contributed by atoms with Gasteiger partial charge in [-0.05, 0) is 49.4 Å². The fraction of sp³-hybridized carbons (Fsp3) is 0.480. The fourth-order valence-corrected chi connectivity index (χ4v) is 5.21. The maximum Gasteiger partial charge on any atom is 0.410 e. The molecule has 5 rings (SSSR count). The summed E-state index contributed by atoms with van der Waals surface area (Å²) in [6, 6.07) is 20.3. The fourth-order valence-electron chi connectivity index (χ4n) is 5.21. The smallest absolute Gasteiger partial charge is 0.410 e. The zero-order chi connectivity index (χ0) is 21.0. The number of nitrogens with one attached hydrogen (secondary N) is 2. The van der Waals surface area contributed by atoms with Gasteiger partial charge in [0, 0.05) is 55.7 Å². The lowest BCUT2D eigenvalue weighted by Gasteiger charge is -2.37. The number of rotatable bonds is 5. The molecule has 1 amide bonds. The lowest BCUT2D eigenvalue weighted by Crippen LogP contribution is -2.52. The molecular weight excluding hydrogens is 388 g/mol. The standard InChI is InChI=1S/C25H32N4O2/c30-25(31-18-19-5-2-1-3-6-19)28-13-11-20(12-14-28)27-21-7-4-8-22(15-21)29-23-9-10-24(29)17-26-16-23/h1-8,15,20,23-24,26-27H,9-14,16-18H2/t23-,24+. The number of ether oxygens (including phenoxy) is 1. The van der Waals surface area contributed by atoms with Gasteiger partial charge in [-0.1, -0.05) is 36.4 Å². The molecule has 2 atom stereocenters. The normalized spacial score (nSPS) is 23.6. The predicted octanol–water partition coefficient (Wildman–Crippen LogP) is 3.84. The van der Waals surface area contributed by atoms with Crippen molar-refractivity contribution >= 4 is 17.5 Å². The Morgan fingerprint density at radius 3 is 2.45 bits per heavy atom. The van der Waals surface area contributed by atoms with E-state index in [1.54, 1.807) is 0 Å². The number of piperidine rings is 1. The quantitative estimate of drug-likeness (QED) is 0.770. The summed E-state index contributed by atoms with van der Waals surface area (Å²) < 4.78 is 5.49. The molecule has 6 nitrogen and oxygen atoms in total. The van der Waals surface area contributed by atoms with Gasteiger partial charge >= 0.3 is 6.09 Å². The number of hydrogen-bond donors (Lipinski definition) is 2. The van der Waals surface area contributed by atoms with E-state index in [9.17, 15) is 4.79 Å². The maximum absolute atomic E-state index is 12.4. The first-order valence-electron chi connectivity index (χ1n) is 11.6. The van der Waals surface area contributed by atoms with Crippen LogP contribution in [0.3, 0.4) is 0 Å². The highest BCUT2D eigenvalue weighted by Crippen LogP contribution is 2.33. The number of likely N-dealkylation sites (tertiary alicyclic amines) is 1. The third kappa shape index (κ3) is 4.64. The van der Waals surface area contributed by atoms with Gasteiger partial charge in [0.15, 0.2) is 0 Å². The summed E-state index contributed by atoms with van der Waals surface area (Å²) in [6.45, 7) is 3.97. The van der Waals surface area contributed by atoms with E-state index in [0.29, 0.717) is 24.7 Å². The van der Waals surface area contributed by atoms with E-state index in [0.717, 1.165) is 44.6 Å². The molecule has 2 aromatic carbocycles. The minimum Gasteiger partial charge on any atom is -0.445 e. The number of nitrogens with zero attached hydrogens (tertiary/aromatic N) is 2. The van der Waals surface area contributed by atoms with Crippen molar-refractivity contribution in [1.82, 2.24) is 10.2 Å². The van der Waals surface area contributed by atoms with Crippen molar-refractivity contribution in [2.75, 3.05) is 36.4 Å². The number of hydrogen-bond acceptors (Lipinski definition) is 5. The molecule has 0 unspecified atom stereocenters. The van der Waals surface area contributed by atoms with Crippen LogP contribution in [0.4, 0.5) is 16.2 Å². The molecule has 2 N–H and O–H groups in total. The summed E-state index contributed by atoms with van der Waals surface area (Å²) >= 11 is 0. The van der Waals surface area contributed by atoms with Crippen LogP contribution < -0.4 is 15.5 Å². The zero-order valence-corrected chi connectivity index (χ0v) is 18.0. The average molecular weight is 421 g/mol. The van der Waals surface area contributed by atoms with Crippen LogP contribution in [-0.2, 0) is 11.3 Å². The molecule has 3 aliphatic heterocycles. The number of carbonyl (C=O) groups excluding carboxylic acids is 1. The van der Waals surface area contributed by atoms with Crippen molar-refractivity contribution in [1.29, 1.82) is 0 Å². The Bertz CT molecular complexity index is 866. The number of fused-ring (bicyclic) bond motifs is 2. The van der Waals surface area contributed by atoms with Crippen LogP contribution >= 0.6 is 0 Å². The lowest BCUT2D eigenvalue weighted by molar-refractivity contribution is 0.0882. The Kier molecular flexibility index (Phi) is 5.98. The van der Waals surface area contributed by atoms with Gasteiger partial charge < -0.3 is 25.2 Å². The van der Waals surface area contributed by atoms with Crippen molar-refractivity contribution in [3.63, 3.8) is 0 Å². The molecular formula is C25H32N4O2. The first-order chi connectivity index (χ1) is 15.3. The van der Waals surface area contributed by atoms with E-state index in [2.05, 4.69) is 39.8 Å². The van der Waals surface area contributed by atoms with E-state index in [1.807, 2.05) is 35.2 Å². The maximum atomic E-state index is 12.4. The Hall–Kier alpha value is -2.73. The number of amides is 1. The molecule has 2 aromatic rings. The number of anilines is 2. The summed E-state index contributed by atoms with van der Waals surface area (Å²) in [5.74, 6) is 0. The largest absolute Gasteiger partial charge is 0.445 e. The van der Waals surface area contributed by atoms with E-state index in [-0.39, 0.29) is 6.09 Å². The molecule has 0 aliphatic carbocycles. The first-order valence-corrected chi connectivity index (χ1v) is 11.6. The first kappa shape index (κ1) is 20.2. The van der Waals surface area contributed by atoms with Gasteiger partial charge in [0.05, 0.1) is 0 Å². The second-order valence-electron chi connectivity index (χ2n) is 8.95. The van der Waals surface area contributed by atoms with Crippen molar-refractivity contribution < 1.29 is 9.53 Å². The Morgan fingerprint density at radius 1 is 0.968 bits per heavy atom. The summed E-state index contributed by atoms with van der Waals surface area (Å²) in [4.78, 5) is 16.8. The highest BCUT2D eigenvalue weighted by Gasteiger charge is 2.36. The summed E-state index contributed by atoms with van der Waals surface area (Å²) in [6.07, 6.45) is 4.23. The van der Waals surface area contributed by atoms with E-state index < -0.39 is 0 Å². The molecule has 0 saturated carbocycles. The Morgan fingerprint density at radius 2 is 1.71 bits per heavy atom. The second kappa shape index (κ2) is 9.18. The number of piperazine rings is 1. The minimum atomic E-state index is -0.210. The summed E-state index contributed by atoms with van der Waals surface area (Å²) in [5, 5.41) is 7.27. The van der Waals surface area contributed by atoms with Gasteiger partial charge in [-0.15, -0.1) is 0 Å². The lowest BCUT2D eigenvalue weighted by atomic mass is 10.0. The molecule has 3 fully saturated rings. The van der Waals surface area contributed by atoms with E-state index in [1.165, 1.54) is 24.2 Å². The zero-order valence-electron chi connectivity index (χ0n) is 18.0. The van der Waals surface area contributed by atoms with E-state index in [4.69, 9.17) is 4.74 Å². The molecule has 0 aromatic heterocycles. The minimum absolute atomic E-state index is 0.210. The molecule has 164 valence electrons. The molecule has 2 bridgehead atoms. The van der Waals surface area contributed by atoms with Crippen LogP contribution in [-0.4, -0.2) is 55.3 Å². The average Bonchev–Trinajstić information content (AvgIpc) is 3.07. The highest BCUT2D eigenvalue weighted by molar-refractivity contribution is 5.68. The topological polar surface area (TPSA) is 56.8 Å². The molecule has 3 aliphatic rings. The van der Waals surface area contributed by atoms with Gasteiger partial charge in [0.2, 0.25) is 0 Å². The van der Waals surface area contributed by atoms with Gasteiger partial charge in [-0.2, -0.15) is 0 Å². The second-order valence-corrected chi connectivity index (χ2v) is 8.95. The van der Waals surface area contributed by atoms with Crippen LogP contribution in [0.15, 0.2) is 54.6 Å². The molecule has 0 spiro atoms. The van der Waals surface area contributed by atoms with Crippen LogP contribution in [0.25, 0.3) is 0 Å². The molecule has 3 heterocycles. The van der Waals surface area contributed by atoms with Crippen LogP contribution in [0.5, 0.6) is 0 Å². The van der Waals surface area contributed by atoms with Gasteiger partial charge in [-0.3, -0.25) is 0 Å². The predicted molar refractivity (Wildman–Crippen MR) is 123 cm³/mol. The summed E-state index contributed by atoms with van der Waals surface area (Å²) in [5.41, 5.74) is 3.53. The Labute approximate surface area is 184 Å². The number of benzene rings is 2. The van der Waals surface area contributed by atoms with Crippen LogP contribution in [0.2, 0.25) is 0 Å².